The molecule has 2 rings (SSSR count). The van der Waals surface area contributed by atoms with Gasteiger partial charge in [0.15, 0.2) is 0 Å². The quantitative estimate of drug-likeness (QED) is 0.652. The van der Waals surface area contributed by atoms with Gasteiger partial charge < -0.3 is 19.5 Å². The Kier molecular flexibility index (Phi) is 7.13. The van der Waals surface area contributed by atoms with Crippen LogP contribution in [-0.4, -0.2) is 53.2 Å². The molecule has 0 unspecified atom stereocenters. The van der Waals surface area contributed by atoms with Gasteiger partial charge in [0.2, 0.25) is 0 Å². The predicted molar refractivity (Wildman–Crippen MR) is 86.8 cm³/mol. The van der Waals surface area contributed by atoms with Crippen molar-refractivity contribution in [2.24, 2.45) is 0 Å². The molecule has 1 aromatic rings. The van der Waals surface area contributed by atoms with E-state index in [-0.39, 0.29) is 5.41 Å². The average Bonchev–Trinajstić information content (AvgIpc) is 2.45. The average molecular weight is 358 g/mol. The molecule has 1 aliphatic heterocycles. The highest BCUT2D eigenvalue weighted by atomic mass is 79.9. The van der Waals surface area contributed by atoms with Crippen LogP contribution in [0.2, 0.25) is 0 Å². The van der Waals surface area contributed by atoms with Crippen LogP contribution in [0.5, 0.6) is 0 Å². The summed E-state index contributed by atoms with van der Waals surface area (Å²) < 4.78 is 17.2. The Morgan fingerprint density at radius 2 is 1.71 bits per heavy atom. The highest BCUT2D eigenvalue weighted by Gasteiger charge is 2.39. The van der Waals surface area contributed by atoms with Crippen LogP contribution in [0.1, 0.15) is 12.0 Å². The summed E-state index contributed by atoms with van der Waals surface area (Å²) in [7, 11) is 1.67. The molecule has 0 aromatic heterocycles. The van der Waals surface area contributed by atoms with E-state index in [2.05, 4.69) is 45.5 Å². The third-order valence-corrected chi connectivity index (χ3v) is 4.59. The summed E-state index contributed by atoms with van der Waals surface area (Å²) in [5, 5.41) is 3.39. The molecule has 4 nitrogen and oxygen atoms in total. The molecule has 0 saturated carbocycles. The summed E-state index contributed by atoms with van der Waals surface area (Å²) >= 11 is 3.66. The van der Waals surface area contributed by atoms with E-state index in [9.17, 15) is 0 Å². The topological polar surface area (TPSA) is 39.7 Å². The maximum absolute atomic E-state index is 5.70. The first kappa shape index (κ1) is 16.9. The minimum Gasteiger partial charge on any atom is -0.382 e. The van der Waals surface area contributed by atoms with Crippen LogP contribution in [-0.2, 0) is 19.6 Å². The van der Waals surface area contributed by atoms with Crippen LogP contribution in [0.4, 0.5) is 0 Å². The second-order valence-corrected chi connectivity index (χ2v) is 6.19. The Bertz CT molecular complexity index is 424. The van der Waals surface area contributed by atoms with Gasteiger partial charge in [-0.2, -0.15) is 0 Å². The molecular formula is C16H24BrNO3. The third kappa shape index (κ3) is 4.76. The van der Waals surface area contributed by atoms with E-state index in [1.807, 2.05) is 0 Å². The molecule has 1 aromatic carbocycles. The smallest absolute Gasteiger partial charge is 0.0701 e. The fourth-order valence-electron chi connectivity index (χ4n) is 2.55. The second-order valence-electron chi connectivity index (χ2n) is 5.33. The van der Waals surface area contributed by atoms with Crippen molar-refractivity contribution in [3.63, 3.8) is 0 Å². The lowest BCUT2D eigenvalue weighted by Gasteiger charge is -2.44. The van der Waals surface area contributed by atoms with Crippen LogP contribution < -0.4 is 5.32 Å². The number of hydrogen-bond acceptors (Lipinski definition) is 4. The van der Waals surface area contributed by atoms with E-state index in [0.29, 0.717) is 26.4 Å². The first-order chi connectivity index (χ1) is 10.3. The molecule has 0 atom stereocenters. The van der Waals surface area contributed by atoms with Gasteiger partial charge in [0.1, 0.15) is 0 Å². The summed E-state index contributed by atoms with van der Waals surface area (Å²) in [4.78, 5) is 0. The van der Waals surface area contributed by atoms with Crippen molar-refractivity contribution in [1.29, 1.82) is 0 Å². The number of methoxy groups -OCH3 is 1. The van der Waals surface area contributed by atoms with Gasteiger partial charge in [-0.25, -0.2) is 0 Å². The Morgan fingerprint density at radius 3 is 2.33 bits per heavy atom. The van der Waals surface area contributed by atoms with E-state index < -0.39 is 0 Å². The summed E-state index contributed by atoms with van der Waals surface area (Å²) in [6, 6.07) is 8.48. The fraction of sp³-hybridized carbons (Fsp3) is 0.625. The SMILES string of the molecule is COCCOCCOCCC1(c2ccccc2Br)CNC1. The number of rotatable bonds is 10. The monoisotopic (exact) mass is 357 g/mol. The molecule has 21 heavy (non-hydrogen) atoms. The van der Waals surface area contributed by atoms with Crippen molar-refractivity contribution in [3.05, 3.63) is 34.3 Å². The Hall–Kier alpha value is -0.460. The molecule has 0 bridgehead atoms. The molecule has 0 spiro atoms. The van der Waals surface area contributed by atoms with Gasteiger partial charge >= 0.3 is 0 Å². The molecule has 0 aliphatic carbocycles. The Morgan fingerprint density at radius 1 is 1.05 bits per heavy atom. The van der Waals surface area contributed by atoms with Gasteiger partial charge in [-0.1, -0.05) is 34.1 Å². The number of benzene rings is 1. The van der Waals surface area contributed by atoms with E-state index in [1.165, 1.54) is 10.0 Å². The summed E-state index contributed by atoms with van der Waals surface area (Å²) in [5.74, 6) is 0. The predicted octanol–water partition coefficient (Wildman–Crippen LogP) is 2.36. The number of nitrogens with one attached hydrogen (secondary N) is 1. The number of ether oxygens (including phenoxy) is 3. The van der Waals surface area contributed by atoms with Crippen molar-refractivity contribution < 1.29 is 14.2 Å². The van der Waals surface area contributed by atoms with Crippen molar-refractivity contribution in [1.82, 2.24) is 5.32 Å². The van der Waals surface area contributed by atoms with Crippen molar-refractivity contribution >= 4 is 15.9 Å². The molecule has 1 heterocycles. The third-order valence-electron chi connectivity index (χ3n) is 3.90. The molecule has 118 valence electrons. The zero-order valence-electron chi connectivity index (χ0n) is 12.6. The lowest BCUT2D eigenvalue weighted by molar-refractivity contribution is 0.0182. The van der Waals surface area contributed by atoms with Crippen LogP contribution in [0.15, 0.2) is 28.7 Å². The zero-order chi connectivity index (χ0) is 15.0. The van der Waals surface area contributed by atoms with Crippen LogP contribution in [0.25, 0.3) is 0 Å². The number of halogens is 1. The van der Waals surface area contributed by atoms with Crippen LogP contribution >= 0.6 is 15.9 Å². The van der Waals surface area contributed by atoms with Gasteiger partial charge in [-0.15, -0.1) is 0 Å². The second kappa shape index (κ2) is 8.86. The van der Waals surface area contributed by atoms with E-state index in [1.54, 1.807) is 7.11 Å². The summed E-state index contributed by atoms with van der Waals surface area (Å²) in [5.41, 5.74) is 1.58. The molecule has 0 radical (unpaired) electrons. The van der Waals surface area contributed by atoms with Crippen LogP contribution in [0.3, 0.4) is 0 Å². The van der Waals surface area contributed by atoms with Gasteiger partial charge in [0, 0.05) is 36.7 Å². The van der Waals surface area contributed by atoms with E-state index in [4.69, 9.17) is 14.2 Å². The Labute approximate surface area is 135 Å². The first-order valence-electron chi connectivity index (χ1n) is 7.39. The molecule has 1 aliphatic rings. The minimum absolute atomic E-state index is 0.205. The van der Waals surface area contributed by atoms with E-state index in [0.717, 1.165) is 26.1 Å². The largest absolute Gasteiger partial charge is 0.382 e. The molecule has 1 N–H and O–H groups in total. The van der Waals surface area contributed by atoms with Gasteiger partial charge in [-0.3, -0.25) is 0 Å². The normalized spacial score (nSPS) is 16.7. The molecule has 5 heteroatoms. The molecular weight excluding hydrogens is 334 g/mol. The minimum atomic E-state index is 0.205. The zero-order valence-corrected chi connectivity index (χ0v) is 14.2. The first-order valence-corrected chi connectivity index (χ1v) is 8.18. The highest BCUT2D eigenvalue weighted by molar-refractivity contribution is 9.10. The highest BCUT2D eigenvalue weighted by Crippen LogP contribution is 2.36. The van der Waals surface area contributed by atoms with Crippen molar-refractivity contribution in [2.75, 3.05) is 53.2 Å². The molecule has 1 fully saturated rings. The fourth-order valence-corrected chi connectivity index (χ4v) is 3.26. The molecule has 1 saturated heterocycles. The van der Waals surface area contributed by atoms with Crippen molar-refractivity contribution in [3.8, 4) is 0 Å². The lowest BCUT2D eigenvalue weighted by atomic mass is 9.73. The van der Waals surface area contributed by atoms with Gasteiger partial charge in [0.25, 0.3) is 0 Å². The van der Waals surface area contributed by atoms with Crippen LogP contribution in [0, 0.1) is 0 Å². The molecule has 0 amide bonds. The summed E-state index contributed by atoms with van der Waals surface area (Å²) in [6.45, 7) is 5.33. The lowest BCUT2D eigenvalue weighted by Crippen LogP contribution is -2.57. The standard InChI is InChI=1S/C16H24BrNO3/c1-19-8-9-21-11-10-20-7-6-16(12-18-13-16)14-4-2-3-5-15(14)17/h2-5,18H,6-13H2,1H3. The Balaban J connectivity index is 1.70. The van der Waals surface area contributed by atoms with Gasteiger partial charge in [-0.05, 0) is 18.1 Å². The summed E-state index contributed by atoms with van der Waals surface area (Å²) in [6.07, 6.45) is 1.03. The van der Waals surface area contributed by atoms with E-state index >= 15 is 0 Å². The maximum Gasteiger partial charge on any atom is 0.0701 e. The van der Waals surface area contributed by atoms with Gasteiger partial charge in [0.05, 0.1) is 26.4 Å². The number of hydrogen-bond donors (Lipinski definition) is 1. The van der Waals surface area contributed by atoms with Crippen molar-refractivity contribution in [2.45, 2.75) is 11.8 Å². The maximum atomic E-state index is 5.70.